The van der Waals surface area contributed by atoms with E-state index in [1.165, 1.54) is 16.7 Å². The van der Waals surface area contributed by atoms with Crippen LogP contribution in [0.1, 0.15) is 43.2 Å². The van der Waals surface area contributed by atoms with Gasteiger partial charge in [0, 0.05) is 11.9 Å². The topological polar surface area (TPSA) is 91.3 Å². The Morgan fingerprint density at radius 3 is 2.55 bits per heavy atom. The zero-order valence-corrected chi connectivity index (χ0v) is 13.0. The molecule has 0 saturated heterocycles. The first-order chi connectivity index (χ1) is 9.20. The van der Waals surface area contributed by atoms with Crippen LogP contribution in [0.3, 0.4) is 0 Å². The molecule has 0 fully saturated rings. The van der Waals surface area contributed by atoms with Crippen LogP contribution in [0.25, 0.3) is 0 Å². The van der Waals surface area contributed by atoms with Gasteiger partial charge in [0.25, 0.3) is 0 Å². The van der Waals surface area contributed by atoms with Crippen LogP contribution < -0.4 is 10.6 Å². The molecule has 6 nitrogen and oxygen atoms in total. The van der Waals surface area contributed by atoms with Crippen molar-refractivity contribution in [1.82, 2.24) is 15.6 Å². The van der Waals surface area contributed by atoms with E-state index in [1.807, 2.05) is 0 Å². The minimum atomic E-state index is -1.06. The van der Waals surface area contributed by atoms with E-state index in [2.05, 4.69) is 43.3 Å². The Hall–Kier alpha value is -1.63. The zero-order chi connectivity index (χ0) is 15.3. The molecule has 0 aliphatic heterocycles. The van der Waals surface area contributed by atoms with E-state index in [1.54, 1.807) is 0 Å². The maximum atomic E-state index is 11.6. The lowest BCUT2D eigenvalue weighted by Crippen LogP contribution is -2.39. The number of aromatic nitrogens is 1. The fourth-order valence-electron chi connectivity index (χ4n) is 1.26. The first-order valence-corrected chi connectivity index (χ1v) is 7.27. The van der Waals surface area contributed by atoms with Gasteiger partial charge in [-0.05, 0) is 11.3 Å². The van der Waals surface area contributed by atoms with Gasteiger partial charge < -0.3 is 15.7 Å². The number of urea groups is 1. The SMILES string of the molecule is CC(CNC(=O)NCc1nc(C(=O)O)cs1)C(C)(C)C. The standard InChI is InChI=1S/C13H21N3O3S/c1-8(13(2,3)4)5-14-12(19)15-6-10-16-9(7-20-10)11(17)18/h7-8H,5-6H2,1-4H3,(H,17,18)(H2,14,15,19). The molecule has 0 bridgehead atoms. The van der Waals surface area contributed by atoms with E-state index in [9.17, 15) is 9.59 Å². The van der Waals surface area contributed by atoms with Gasteiger partial charge in [0.2, 0.25) is 0 Å². The molecule has 0 aromatic carbocycles. The number of carbonyl (C=O) groups excluding carboxylic acids is 1. The Bertz CT molecular complexity index is 479. The summed E-state index contributed by atoms with van der Waals surface area (Å²) >= 11 is 1.21. The Labute approximate surface area is 122 Å². The fraction of sp³-hybridized carbons (Fsp3) is 0.615. The highest BCUT2D eigenvalue weighted by atomic mass is 32.1. The van der Waals surface area contributed by atoms with Crippen molar-refractivity contribution in [3.8, 4) is 0 Å². The highest BCUT2D eigenvalue weighted by molar-refractivity contribution is 7.09. The van der Waals surface area contributed by atoms with Gasteiger partial charge in [-0.25, -0.2) is 14.6 Å². The first-order valence-electron chi connectivity index (χ1n) is 6.39. The van der Waals surface area contributed by atoms with Gasteiger partial charge in [-0.3, -0.25) is 0 Å². The number of nitrogens with zero attached hydrogens (tertiary/aromatic N) is 1. The highest BCUT2D eigenvalue weighted by Gasteiger charge is 2.20. The number of carbonyl (C=O) groups is 2. The maximum Gasteiger partial charge on any atom is 0.355 e. The third kappa shape index (κ3) is 5.16. The molecule has 1 aromatic rings. The van der Waals surface area contributed by atoms with Crippen LogP contribution in [0, 0.1) is 11.3 Å². The summed E-state index contributed by atoms with van der Waals surface area (Å²) in [5, 5.41) is 16.2. The summed E-state index contributed by atoms with van der Waals surface area (Å²) in [5.41, 5.74) is 0.146. The van der Waals surface area contributed by atoms with Crippen molar-refractivity contribution in [2.45, 2.75) is 34.2 Å². The quantitative estimate of drug-likeness (QED) is 0.778. The lowest BCUT2D eigenvalue weighted by molar-refractivity contribution is 0.0691. The molecule has 0 spiro atoms. The smallest absolute Gasteiger partial charge is 0.355 e. The molecule has 0 aliphatic carbocycles. The number of hydrogen-bond acceptors (Lipinski definition) is 4. The van der Waals surface area contributed by atoms with E-state index in [4.69, 9.17) is 5.11 Å². The summed E-state index contributed by atoms with van der Waals surface area (Å²) in [5.74, 6) is -0.706. The van der Waals surface area contributed by atoms with E-state index >= 15 is 0 Å². The number of hydrogen-bond donors (Lipinski definition) is 3. The maximum absolute atomic E-state index is 11.6. The van der Waals surface area contributed by atoms with Gasteiger partial charge in [0.1, 0.15) is 5.01 Å². The number of carboxylic acids is 1. The normalized spacial score (nSPS) is 12.8. The lowest BCUT2D eigenvalue weighted by Gasteiger charge is -2.27. The number of nitrogens with one attached hydrogen (secondary N) is 2. The molecular formula is C13H21N3O3S. The van der Waals surface area contributed by atoms with E-state index in [0.717, 1.165) is 0 Å². The lowest BCUT2D eigenvalue weighted by atomic mass is 9.82. The predicted octanol–water partition coefficient (Wildman–Crippen LogP) is 2.32. The summed E-state index contributed by atoms with van der Waals surface area (Å²) in [6.45, 7) is 9.28. The Morgan fingerprint density at radius 2 is 2.05 bits per heavy atom. The second-order valence-electron chi connectivity index (χ2n) is 5.76. The van der Waals surface area contributed by atoms with Crippen molar-refractivity contribution in [3.05, 3.63) is 16.1 Å². The van der Waals surface area contributed by atoms with Gasteiger partial charge >= 0.3 is 12.0 Å². The van der Waals surface area contributed by atoms with E-state index < -0.39 is 5.97 Å². The summed E-state index contributed by atoms with van der Waals surface area (Å²) in [6, 6.07) is -0.270. The molecule has 0 saturated carbocycles. The molecule has 1 atom stereocenters. The van der Waals surface area contributed by atoms with Crippen molar-refractivity contribution in [2.75, 3.05) is 6.54 Å². The number of aromatic carboxylic acids is 1. The number of amides is 2. The average Bonchev–Trinajstić information content (AvgIpc) is 2.81. The molecule has 112 valence electrons. The number of rotatable bonds is 5. The minimum Gasteiger partial charge on any atom is -0.476 e. The van der Waals surface area contributed by atoms with Crippen molar-refractivity contribution in [1.29, 1.82) is 0 Å². The summed E-state index contributed by atoms with van der Waals surface area (Å²) in [4.78, 5) is 26.2. The van der Waals surface area contributed by atoms with E-state index in [0.29, 0.717) is 17.5 Å². The van der Waals surface area contributed by atoms with Gasteiger partial charge in [0.15, 0.2) is 5.69 Å². The highest BCUT2D eigenvalue weighted by Crippen LogP contribution is 2.24. The summed E-state index contributed by atoms with van der Waals surface area (Å²) < 4.78 is 0. The van der Waals surface area contributed by atoms with Gasteiger partial charge in [0.05, 0.1) is 6.54 Å². The van der Waals surface area contributed by atoms with Crippen molar-refractivity contribution in [3.63, 3.8) is 0 Å². The van der Waals surface area contributed by atoms with Crippen molar-refractivity contribution in [2.24, 2.45) is 11.3 Å². The molecule has 1 aromatic heterocycles. The number of carboxylic acid groups (broad SMARTS) is 1. The van der Waals surface area contributed by atoms with Crippen LogP contribution in [0.4, 0.5) is 4.79 Å². The van der Waals surface area contributed by atoms with Crippen molar-refractivity contribution >= 4 is 23.3 Å². The fourth-order valence-corrected chi connectivity index (χ4v) is 1.97. The molecule has 3 N–H and O–H groups in total. The Morgan fingerprint density at radius 1 is 1.40 bits per heavy atom. The zero-order valence-electron chi connectivity index (χ0n) is 12.2. The largest absolute Gasteiger partial charge is 0.476 e. The summed E-state index contributed by atoms with van der Waals surface area (Å²) in [7, 11) is 0. The van der Waals surface area contributed by atoms with Crippen LogP contribution in [0.15, 0.2) is 5.38 Å². The molecule has 1 rings (SSSR count). The average molecular weight is 299 g/mol. The molecule has 2 amide bonds. The third-order valence-corrected chi connectivity index (χ3v) is 4.07. The first kappa shape index (κ1) is 16.4. The second-order valence-corrected chi connectivity index (χ2v) is 6.70. The molecule has 7 heteroatoms. The molecule has 1 unspecified atom stereocenters. The van der Waals surface area contributed by atoms with Gasteiger partial charge in [-0.1, -0.05) is 27.7 Å². The Balaban J connectivity index is 2.34. The van der Waals surface area contributed by atoms with Crippen LogP contribution in [0.5, 0.6) is 0 Å². The van der Waals surface area contributed by atoms with Crippen LogP contribution >= 0.6 is 11.3 Å². The van der Waals surface area contributed by atoms with Crippen LogP contribution in [0.2, 0.25) is 0 Å². The second kappa shape index (κ2) is 6.69. The molecule has 20 heavy (non-hydrogen) atoms. The molecule has 1 heterocycles. The van der Waals surface area contributed by atoms with Gasteiger partial charge in [-0.15, -0.1) is 11.3 Å². The van der Waals surface area contributed by atoms with Crippen LogP contribution in [-0.4, -0.2) is 28.6 Å². The third-order valence-electron chi connectivity index (χ3n) is 3.22. The van der Waals surface area contributed by atoms with Gasteiger partial charge in [-0.2, -0.15) is 0 Å². The predicted molar refractivity (Wildman–Crippen MR) is 77.9 cm³/mol. The molecule has 0 aliphatic rings. The molecule has 0 radical (unpaired) electrons. The van der Waals surface area contributed by atoms with E-state index in [-0.39, 0.29) is 23.7 Å². The molecular weight excluding hydrogens is 278 g/mol. The minimum absolute atomic E-state index is 0.00793. The van der Waals surface area contributed by atoms with Crippen LogP contribution in [-0.2, 0) is 6.54 Å². The number of thiazole rings is 1. The summed E-state index contributed by atoms with van der Waals surface area (Å²) in [6.07, 6.45) is 0. The van der Waals surface area contributed by atoms with Crippen molar-refractivity contribution < 1.29 is 14.7 Å². The Kier molecular flexibility index (Phi) is 5.50. The monoisotopic (exact) mass is 299 g/mol.